The van der Waals surface area contributed by atoms with Crippen molar-refractivity contribution in [3.8, 4) is 0 Å². The van der Waals surface area contributed by atoms with Gasteiger partial charge in [0.05, 0.1) is 37.2 Å². The number of hydrogen-bond acceptors (Lipinski definition) is 4. The molecule has 1 spiro atoms. The Kier molecular flexibility index (Phi) is 2.79. The summed E-state index contributed by atoms with van der Waals surface area (Å²) in [5, 5.41) is 8.91. The van der Waals surface area contributed by atoms with E-state index in [4.69, 9.17) is 14.6 Å². The number of carboxylic acids is 1. The zero-order valence-corrected chi connectivity index (χ0v) is 10.1. The summed E-state index contributed by atoms with van der Waals surface area (Å²) in [5.74, 6) is -1.72. The molecule has 3 aliphatic rings. The Balaban J connectivity index is 1.73. The number of amides is 1. The summed E-state index contributed by atoms with van der Waals surface area (Å²) in [7, 11) is 0. The Morgan fingerprint density at radius 3 is 2.50 bits per heavy atom. The Hall–Kier alpha value is -1.14. The fraction of sp³-hybridized carbons (Fsp3) is 0.833. The Bertz CT molecular complexity index is 377. The molecule has 0 aromatic rings. The number of carbonyl (C=O) groups is 2. The molecule has 1 aliphatic carbocycles. The van der Waals surface area contributed by atoms with Crippen LogP contribution in [0.15, 0.2) is 0 Å². The molecule has 0 radical (unpaired) electrons. The van der Waals surface area contributed by atoms with Gasteiger partial charge in [0.2, 0.25) is 5.91 Å². The summed E-state index contributed by atoms with van der Waals surface area (Å²) < 4.78 is 10.9. The van der Waals surface area contributed by atoms with Crippen molar-refractivity contribution >= 4 is 11.9 Å². The largest absolute Gasteiger partial charge is 0.481 e. The molecule has 0 aromatic heterocycles. The van der Waals surface area contributed by atoms with Crippen molar-refractivity contribution < 1.29 is 24.2 Å². The van der Waals surface area contributed by atoms with Gasteiger partial charge in [-0.05, 0) is 12.8 Å². The first-order valence-electron chi connectivity index (χ1n) is 6.34. The van der Waals surface area contributed by atoms with Crippen LogP contribution >= 0.6 is 0 Å². The van der Waals surface area contributed by atoms with Crippen LogP contribution in [0.4, 0.5) is 0 Å². The van der Waals surface area contributed by atoms with Gasteiger partial charge in [-0.15, -0.1) is 0 Å². The number of ether oxygens (including phenoxy) is 2. The van der Waals surface area contributed by atoms with E-state index in [1.807, 2.05) is 4.90 Å². The topological polar surface area (TPSA) is 76.1 Å². The van der Waals surface area contributed by atoms with Gasteiger partial charge >= 0.3 is 5.97 Å². The van der Waals surface area contributed by atoms with Crippen molar-refractivity contribution in [1.29, 1.82) is 0 Å². The van der Waals surface area contributed by atoms with E-state index in [9.17, 15) is 9.59 Å². The average molecular weight is 255 g/mol. The second kappa shape index (κ2) is 4.20. The lowest BCUT2D eigenvalue weighted by molar-refractivity contribution is -0.153. The number of hydrogen-bond donors (Lipinski definition) is 1. The smallest absolute Gasteiger partial charge is 0.307 e. The highest BCUT2D eigenvalue weighted by molar-refractivity contribution is 5.90. The van der Waals surface area contributed by atoms with E-state index in [2.05, 4.69) is 0 Å². The van der Waals surface area contributed by atoms with Crippen molar-refractivity contribution in [2.24, 2.45) is 11.8 Å². The predicted molar refractivity (Wildman–Crippen MR) is 59.9 cm³/mol. The molecule has 100 valence electrons. The van der Waals surface area contributed by atoms with Crippen molar-refractivity contribution in [2.75, 3.05) is 33.0 Å². The molecule has 6 heteroatoms. The first-order chi connectivity index (χ1) is 8.64. The number of carbonyl (C=O) groups excluding carboxylic acids is 1. The number of nitrogens with zero attached hydrogens (tertiary/aromatic N) is 1. The molecule has 0 aromatic carbocycles. The normalized spacial score (nSPS) is 39.0. The van der Waals surface area contributed by atoms with Gasteiger partial charge in [0.1, 0.15) is 0 Å². The molecule has 6 nitrogen and oxygen atoms in total. The van der Waals surface area contributed by atoms with Gasteiger partial charge in [0.15, 0.2) is 0 Å². The fourth-order valence-corrected chi connectivity index (χ4v) is 2.94. The maximum atomic E-state index is 12.4. The second-order valence-electron chi connectivity index (χ2n) is 5.36. The highest BCUT2D eigenvalue weighted by atomic mass is 16.5. The molecule has 1 N–H and O–H groups in total. The predicted octanol–water partition coefficient (Wildman–Crippen LogP) is -0.275. The molecule has 3 atom stereocenters. The third-order valence-electron chi connectivity index (χ3n) is 4.18. The van der Waals surface area contributed by atoms with Gasteiger partial charge in [-0.25, -0.2) is 0 Å². The minimum absolute atomic E-state index is 0.0313. The molecule has 1 amide bonds. The Morgan fingerprint density at radius 2 is 1.89 bits per heavy atom. The molecule has 3 fully saturated rings. The van der Waals surface area contributed by atoms with Crippen LogP contribution in [0.2, 0.25) is 0 Å². The Morgan fingerprint density at radius 1 is 1.17 bits per heavy atom. The van der Waals surface area contributed by atoms with Crippen molar-refractivity contribution in [1.82, 2.24) is 4.90 Å². The third kappa shape index (κ3) is 1.80. The van der Waals surface area contributed by atoms with E-state index >= 15 is 0 Å². The molecule has 2 saturated heterocycles. The van der Waals surface area contributed by atoms with Crippen LogP contribution in [0.1, 0.15) is 12.8 Å². The summed E-state index contributed by atoms with van der Waals surface area (Å²) in [4.78, 5) is 25.1. The second-order valence-corrected chi connectivity index (χ2v) is 5.36. The molecule has 2 aliphatic heterocycles. The van der Waals surface area contributed by atoms with E-state index in [0.29, 0.717) is 39.4 Å². The van der Waals surface area contributed by atoms with E-state index in [1.54, 1.807) is 0 Å². The van der Waals surface area contributed by atoms with Crippen LogP contribution in [-0.2, 0) is 19.1 Å². The van der Waals surface area contributed by atoms with Gasteiger partial charge in [0.25, 0.3) is 0 Å². The maximum absolute atomic E-state index is 12.4. The summed E-state index contributed by atoms with van der Waals surface area (Å²) in [5.41, 5.74) is -0.346. The summed E-state index contributed by atoms with van der Waals surface area (Å²) in [6.07, 6.45) is 1.26. The average Bonchev–Trinajstić information content (AvgIpc) is 3.05. The summed E-state index contributed by atoms with van der Waals surface area (Å²) in [6, 6.07) is 0. The minimum atomic E-state index is -0.863. The standard InChI is InChI=1S/C12H17NO5/c14-10(8-5-9(8)11(15)16)13-2-4-18-7-12(13)1-3-17-6-12/h8-9H,1-7H2,(H,15,16). The van der Waals surface area contributed by atoms with Crippen LogP contribution in [-0.4, -0.2) is 60.4 Å². The lowest BCUT2D eigenvalue weighted by Crippen LogP contribution is -2.60. The molecule has 3 unspecified atom stereocenters. The number of morpholine rings is 1. The lowest BCUT2D eigenvalue weighted by Gasteiger charge is -2.43. The van der Waals surface area contributed by atoms with E-state index in [1.165, 1.54) is 0 Å². The van der Waals surface area contributed by atoms with E-state index in [-0.39, 0.29) is 17.4 Å². The van der Waals surface area contributed by atoms with Crippen LogP contribution < -0.4 is 0 Å². The van der Waals surface area contributed by atoms with Gasteiger partial charge in [0, 0.05) is 13.2 Å². The van der Waals surface area contributed by atoms with Crippen molar-refractivity contribution in [3.05, 3.63) is 0 Å². The maximum Gasteiger partial charge on any atom is 0.307 e. The Labute approximate surface area is 105 Å². The summed E-state index contributed by atoms with van der Waals surface area (Å²) in [6.45, 7) is 2.72. The minimum Gasteiger partial charge on any atom is -0.481 e. The first kappa shape index (κ1) is 11.9. The third-order valence-corrected chi connectivity index (χ3v) is 4.18. The zero-order chi connectivity index (χ0) is 12.8. The van der Waals surface area contributed by atoms with Crippen LogP contribution in [0, 0.1) is 11.8 Å². The van der Waals surface area contributed by atoms with Gasteiger partial charge < -0.3 is 19.5 Å². The van der Waals surface area contributed by atoms with Crippen molar-refractivity contribution in [2.45, 2.75) is 18.4 Å². The molecular formula is C12H17NO5. The van der Waals surface area contributed by atoms with E-state index in [0.717, 1.165) is 6.42 Å². The number of rotatable bonds is 2. The SMILES string of the molecule is O=C(O)C1CC1C(=O)N1CCOCC12CCOC2. The van der Waals surface area contributed by atoms with Gasteiger partial charge in [-0.2, -0.15) is 0 Å². The van der Waals surface area contributed by atoms with Crippen LogP contribution in [0.3, 0.4) is 0 Å². The molecule has 3 rings (SSSR count). The van der Waals surface area contributed by atoms with E-state index < -0.39 is 11.9 Å². The van der Waals surface area contributed by atoms with Gasteiger partial charge in [-0.1, -0.05) is 0 Å². The molecule has 2 heterocycles. The van der Waals surface area contributed by atoms with Crippen LogP contribution in [0.25, 0.3) is 0 Å². The molecule has 18 heavy (non-hydrogen) atoms. The zero-order valence-electron chi connectivity index (χ0n) is 10.1. The number of carboxylic acid groups (broad SMARTS) is 1. The lowest BCUT2D eigenvalue weighted by atomic mass is 9.95. The highest BCUT2D eigenvalue weighted by Gasteiger charge is 2.54. The number of aliphatic carboxylic acids is 1. The highest BCUT2D eigenvalue weighted by Crippen LogP contribution is 2.42. The fourth-order valence-electron chi connectivity index (χ4n) is 2.94. The monoisotopic (exact) mass is 255 g/mol. The first-order valence-corrected chi connectivity index (χ1v) is 6.34. The molecule has 1 saturated carbocycles. The molecular weight excluding hydrogens is 238 g/mol. The van der Waals surface area contributed by atoms with Crippen LogP contribution in [0.5, 0.6) is 0 Å². The quantitative estimate of drug-likeness (QED) is 0.734. The van der Waals surface area contributed by atoms with Gasteiger partial charge in [-0.3, -0.25) is 9.59 Å². The van der Waals surface area contributed by atoms with Crippen molar-refractivity contribution in [3.63, 3.8) is 0 Å². The summed E-state index contributed by atoms with van der Waals surface area (Å²) >= 11 is 0. The molecule has 0 bridgehead atoms.